The van der Waals surface area contributed by atoms with Crippen LogP contribution in [0.15, 0.2) is 47.7 Å². The van der Waals surface area contributed by atoms with Crippen LogP contribution in [0, 0.1) is 0 Å². The fourth-order valence-corrected chi connectivity index (χ4v) is 3.43. The lowest BCUT2D eigenvalue weighted by Crippen LogP contribution is -2.55. The zero-order valence-electron chi connectivity index (χ0n) is 17.2. The molecule has 0 saturated carbocycles. The Kier molecular flexibility index (Phi) is 8.71. The summed E-state index contributed by atoms with van der Waals surface area (Å²) in [6.07, 6.45) is 3.99. The van der Waals surface area contributed by atoms with Crippen molar-refractivity contribution in [3.8, 4) is 5.69 Å². The van der Waals surface area contributed by atoms with E-state index in [9.17, 15) is 0 Å². The van der Waals surface area contributed by atoms with Crippen LogP contribution < -0.4 is 5.32 Å². The lowest BCUT2D eigenvalue weighted by Gasteiger charge is -2.38. The van der Waals surface area contributed by atoms with Gasteiger partial charge in [-0.3, -0.25) is 9.89 Å². The molecule has 1 fully saturated rings. The monoisotopic (exact) mass is 497 g/mol. The van der Waals surface area contributed by atoms with Gasteiger partial charge in [0.25, 0.3) is 0 Å². The number of likely N-dealkylation sites (N-methyl/N-ethyl adjacent to an activating group) is 2. The van der Waals surface area contributed by atoms with Crippen LogP contribution in [-0.2, 0) is 6.54 Å². The van der Waals surface area contributed by atoms with E-state index in [1.807, 2.05) is 36.1 Å². The molecule has 1 aliphatic rings. The molecule has 0 aliphatic carbocycles. The van der Waals surface area contributed by atoms with E-state index in [2.05, 4.69) is 69.6 Å². The van der Waals surface area contributed by atoms with Crippen LogP contribution in [0.25, 0.3) is 5.69 Å². The van der Waals surface area contributed by atoms with E-state index in [-0.39, 0.29) is 24.0 Å². The second-order valence-corrected chi connectivity index (χ2v) is 7.31. The highest BCUT2D eigenvalue weighted by molar-refractivity contribution is 14.0. The van der Waals surface area contributed by atoms with E-state index >= 15 is 0 Å². The van der Waals surface area contributed by atoms with Crippen LogP contribution in [0.2, 0.25) is 0 Å². The van der Waals surface area contributed by atoms with Gasteiger partial charge in [0, 0.05) is 64.6 Å². The zero-order valence-corrected chi connectivity index (χ0v) is 19.6. The first-order chi connectivity index (χ1) is 13.1. The van der Waals surface area contributed by atoms with Gasteiger partial charge in [-0.05, 0) is 26.2 Å². The van der Waals surface area contributed by atoms with Crippen LogP contribution in [0.5, 0.6) is 0 Å². The van der Waals surface area contributed by atoms with E-state index in [1.165, 1.54) is 0 Å². The molecule has 0 radical (unpaired) electrons. The summed E-state index contributed by atoms with van der Waals surface area (Å²) < 4.78 is 1.91. The standard InChI is InChI=1S/C20H31N7.HI/c1-21-20(22-13-19-16-24(2)10-11-25(19)3)26(4)14-17-12-23-27(15-17)18-8-6-5-7-9-18;/h5-9,12,15,19H,10-11,13-14,16H2,1-4H3,(H,21,22);1H. The molecule has 28 heavy (non-hydrogen) atoms. The van der Waals surface area contributed by atoms with Gasteiger partial charge in [0.2, 0.25) is 0 Å². The molecule has 0 amide bonds. The molecule has 1 aromatic carbocycles. The average molecular weight is 497 g/mol. The van der Waals surface area contributed by atoms with Crippen molar-refractivity contribution in [2.45, 2.75) is 12.6 Å². The van der Waals surface area contributed by atoms with Gasteiger partial charge >= 0.3 is 0 Å². The van der Waals surface area contributed by atoms with Gasteiger partial charge in [-0.25, -0.2) is 4.68 Å². The van der Waals surface area contributed by atoms with Crippen molar-refractivity contribution >= 4 is 29.9 Å². The number of rotatable bonds is 5. The third-order valence-electron chi connectivity index (χ3n) is 5.13. The van der Waals surface area contributed by atoms with Crippen LogP contribution in [-0.4, -0.2) is 90.9 Å². The van der Waals surface area contributed by atoms with Gasteiger partial charge in [-0.2, -0.15) is 5.10 Å². The Bertz CT molecular complexity index is 746. The number of nitrogens with one attached hydrogen (secondary N) is 1. The number of nitrogens with zero attached hydrogens (tertiary/aromatic N) is 6. The first-order valence-corrected chi connectivity index (χ1v) is 9.46. The Balaban J connectivity index is 0.00000280. The first-order valence-electron chi connectivity index (χ1n) is 9.46. The molecule has 0 bridgehead atoms. The van der Waals surface area contributed by atoms with Crippen LogP contribution in [0.1, 0.15) is 5.56 Å². The minimum atomic E-state index is 0. The fraction of sp³-hybridized carbons (Fsp3) is 0.500. The van der Waals surface area contributed by atoms with Crippen molar-refractivity contribution in [1.82, 2.24) is 29.8 Å². The van der Waals surface area contributed by atoms with Gasteiger partial charge < -0.3 is 15.1 Å². The van der Waals surface area contributed by atoms with Crippen molar-refractivity contribution < 1.29 is 0 Å². The predicted molar refractivity (Wildman–Crippen MR) is 126 cm³/mol. The van der Waals surface area contributed by atoms with Gasteiger partial charge in [0.05, 0.1) is 11.9 Å². The van der Waals surface area contributed by atoms with E-state index in [0.29, 0.717) is 6.04 Å². The maximum atomic E-state index is 4.48. The Hall–Kier alpha value is -1.65. The lowest BCUT2D eigenvalue weighted by molar-refractivity contribution is 0.116. The number of hydrogen-bond acceptors (Lipinski definition) is 4. The topological polar surface area (TPSA) is 51.9 Å². The first kappa shape index (κ1) is 22.6. The number of para-hydroxylation sites is 1. The van der Waals surface area contributed by atoms with Crippen molar-refractivity contribution in [2.75, 3.05) is 54.4 Å². The summed E-state index contributed by atoms with van der Waals surface area (Å²) in [6.45, 7) is 4.96. The molecule has 1 aliphatic heterocycles. The number of hydrogen-bond donors (Lipinski definition) is 1. The summed E-state index contributed by atoms with van der Waals surface area (Å²) in [4.78, 5) is 11.4. The molecule has 2 heterocycles. The molecule has 1 aromatic heterocycles. The Morgan fingerprint density at radius 2 is 2.00 bits per heavy atom. The predicted octanol–water partition coefficient (Wildman–Crippen LogP) is 1.74. The van der Waals surface area contributed by atoms with Gasteiger partial charge in [0.15, 0.2) is 5.96 Å². The third kappa shape index (κ3) is 5.92. The summed E-state index contributed by atoms with van der Waals surface area (Å²) in [5.41, 5.74) is 2.22. The third-order valence-corrected chi connectivity index (χ3v) is 5.13. The maximum Gasteiger partial charge on any atom is 0.193 e. The Morgan fingerprint density at radius 3 is 2.71 bits per heavy atom. The normalized spacial score (nSPS) is 18.6. The second kappa shape index (κ2) is 10.8. The van der Waals surface area contributed by atoms with Crippen LogP contribution >= 0.6 is 24.0 Å². The lowest BCUT2D eigenvalue weighted by atomic mass is 10.2. The van der Waals surface area contributed by atoms with Crippen molar-refractivity contribution in [1.29, 1.82) is 0 Å². The fourth-order valence-electron chi connectivity index (χ4n) is 3.43. The number of halogens is 1. The maximum absolute atomic E-state index is 4.48. The summed E-state index contributed by atoms with van der Waals surface area (Å²) in [5, 5.41) is 8.01. The van der Waals surface area contributed by atoms with Gasteiger partial charge in [-0.1, -0.05) is 18.2 Å². The average Bonchev–Trinajstić information content (AvgIpc) is 3.14. The van der Waals surface area contributed by atoms with Crippen molar-refractivity contribution in [3.05, 3.63) is 48.3 Å². The molecular weight excluding hydrogens is 465 g/mol. The minimum Gasteiger partial charge on any atom is -0.355 e. The highest BCUT2D eigenvalue weighted by Crippen LogP contribution is 2.10. The second-order valence-electron chi connectivity index (χ2n) is 7.31. The van der Waals surface area contributed by atoms with Gasteiger partial charge in [-0.15, -0.1) is 24.0 Å². The number of guanidine groups is 1. The molecule has 1 saturated heterocycles. The molecule has 1 unspecified atom stereocenters. The Morgan fingerprint density at radius 1 is 1.25 bits per heavy atom. The molecule has 8 heteroatoms. The summed E-state index contributed by atoms with van der Waals surface area (Å²) in [7, 11) is 8.28. The number of aliphatic imine (C=N–C) groups is 1. The molecule has 7 nitrogen and oxygen atoms in total. The highest BCUT2D eigenvalue weighted by Gasteiger charge is 2.22. The zero-order chi connectivity index (χ0) is 19.2. The quantitative estimate of drug-likeness (QED) is 0.388. The number of piperazine rings is 1. The molecule has 3 rings (SSSR count). The van der Waals surface area contributed by atoms with Gasteiger partial charge in [0.1, 0.15) is 0 Å². The van der Waals surface area contributed by atoms with E-state index in [4.69, 9.17) is 0 Å². The van der Waals surface area contributed by atoms with E-state index in [1.54, 1.807) is 0 Å². The molecule has 154 valence electrons. The largest absolute Gasteiger partial charge is 0.355 e. The van der Waals surface area contributed by atoms with E-state index in [0.717, 1.165) is 49.9 Å². The molecule has 0 spiro atoms. The van der Waals surface area contributed by atoms with Crippen LogP contribution in [0.4, 0.5) is 0 Å². The van der Waals surface area contributed by atoms with Crippen LogP contribution in [0.3, 0.4) is 0 Å². The molecule has 1 N–H and O–H groups in total. The SMILES string of the molecule is CN=C(NCC1CN(C)CCN1C)N(C)Cc1cnn(-c2ccccc2)c1.I. The van der Waals surface area contributed by atoms with Crippen molar-refractivity contribution in [2.24, 2.45) is 4.99 Å². The molecular formula is C20H32IN7. The molecule has 2 aromatic rings. The highest BCUT2D eigenvalue weighted by atomic mass is 127. The number of aromatic nitrogens is 2. The Labute approximate surface area is 185 Å². The molecule has 1 atom stereocenters. The number of benzene rings is 1. The smallest absolute Gasteiger partial charge is 0.193 e. The summed E-state index contributed by atoms with van der Waals surface area (Å²) in [6, 6.07) is 10.7. The van der Waals surface area contributed by atoms with E-state index < -0.39 is 0 Å². The summed E-state index contributed by atoms with van der Waals surface area (Å²) in [5.74, 6) is 0.907. The summed E-state index contributed by atoms with van der Waals surface area (Å²) >= 11 is 0. The minimum absolute atomic E-state index is 0. The van der Waals surface area contributed by atoms with Crippen molar-refractivity contribution in [3.63, 3.8) is 0 Å².